The van der Waals surface area contributed by atoms with E-state index < -0.39 is 24.3 Å². The van der Waals surface area contributed by atoms with Crippen LogP contribution in [0.2, 0.25) is 0 Å². The van der Waals surface area contributed by atoms with Crippen LogP contribution in [0, 0.1) is 0 Å². The molecule has 0 aliphatic rings. The predicted molar refractivity (Wildman–Crippen MR) is 35.4 cm³/mol. The molecule has 0 unspecified atom stereocenters. The van der Waals surface area contributed by atoms with Gasteiger partial charge >= 0.3 is 12.1 Å². The first-order valence-electron chi connectivity index (χ1n) is 3.21. The fourth-order valence-electron chi connectivity index (χ4n) is 0.543. The van der Waals surface area contributed by atoms with Gasteiger partial charge in [-0.2, -0.15) is 22.0 Å². The lowest BCUT2D eigenvalue weighted by Gasteiger charge is -2.17. The molecular formula is C7H7F5O. The fourth-order valence-corrected chi connectivity index (χ4v) is 0.543. The molecule has 1 nitrogen and oxygen atoms in total. The van der Waals surface area contributed by atoms with Crippen molar-refractivity contribution in [1.82, 2.24) is 0 Å². The summed E-state index contributed by atoms with van der Waals surface area (Å²) in [6.07, 6.45) is -6.79. The Bertz CT molecular complexity index is 228. The van der Waals surface area contributed by atoms with Crippen molar-refractivity contribution in [2.24, 2.45) is 0 Å². The van der Waals surface area contributed by atoms with Crippen LogP contribution in [-0.2, 0) is 4.79 Å². The molecule has 0 fully saturated rings. The zero-order valence-electron chi connectivity index (χ0n) is 6.71. The van der Waals surface area contributed by atoms with E-state index >= 15 is 0 Å². The Morgan fingerprint density at radius 2 is 1.62 bits per heavy atom. The standard InChI is InChI=1S/C7H7F5O/c1-4(2)3-5(13)6(8,9)7(10,11)12/h1,3H2,2H3. The number of Topliss-reactive ketones (excluding diaryl/α,β-unsaturated/α-hetero) is 1. The molecule has 76 valence electrons. The summed E-state index contributed by atoms with van der Waals surface area (Å²) in [7, 11) is 0. The Morgan fingerprint density at radius 1 is 1.23 bits per heavy atom. The number of hydrogen-bond donors (Lipinski definition) is 0. The van der Waals surface area contributed by atoms with Crippen LogP contribution in [0.4, 0.5) is 22.0 Å². The molecule has 0 rings (SSSR count). The molecule has 0 aliphatic heterocycles. The van der Waals surface area contributed by atoms with Crippen molar-refractivity contribution in [3.8, 4) is 0 Å². The Labute approximate surface area is 71.2 Å². The second-order valence-corrected chi connectivity index (χ2v) is 2.63. The lowest BCUT2D eigenvalue weighted by molar-refractivity contribution is -0.268. The summed E-state index contributed by atoms with van der Waals surface area (Å²) in [5.74, 6) is -7.45. The molecular weight excluding hydrogens is 195 g/mol. The summed E-state index contributed by atoms with van der Waals surface area (Å²) in [6, 6.07) is 0. The van der Waals surface area contributed by atoms with Crippen molar-refractivity contribution in [2.75, 3.05) is 0 Å². The molecule has 6 heteroatoms. The highest BCUT2D eigenvalue weighted by Crippen LogP contribution is 2.37. The Kier molecular flexibility index (Phi) is 3.18. The summed E-state index contributed by atoms with van der Waals surface area (Å²) in [5.41, 5.74) is -0.0334. The molecule has 0 saturated carbocycles. The number of halogens is 5. The Balaban J connectivity index is 4.65. The van der Waals surface area contributed by atoms with E-state index in [1.165, 1.54) is 6.92 Å². The average molecular weight is 202 g/mol. The van der Waals surface area contributed by atoms with Crippen molar-refractivity contribution in [3.63, 3.8) is 0 Å². The lowest BCUT2D eigenvalue weighted by Crippen LogP contribution is -2.44. The number of carbonyl (C=O) groups is 1. The van der Waals surface area contributed by atoms with E-state index in [1.807, 2.05) is 0 Å². The predicted octanol–water partition coefficient (Wildman–Crippen LogP) is 2.72. The van der Waals surface area contributed by atoms with Crippen LogP contribution in [-0.4, -0.2) is 17.9 Å². The monoisotopic (exact) mass is 202 g/mol. The van der Waals surface area contributed by atoms with Crippen molar-refractivity contribution in [3.05, 3.63) is 12.2 Å². The van der Waals surface area contributed by atoms with Crippen LogP contribution in [0.5, 0.6) is 0 Å². The number of allylic oxidation sites excluding steroid dienone is 1. The van der Waals surface area contributed by atoms with Crippen LogP contribution in [0.15, 0.2) is 12.2 Å². The molecule has 0 aliphatic carbocycles. The molecule has 0 N–H and O–H groups in total. The van der Waals surface area contributed by atoms with E-state index in [0.29, 0.717) is 0 Å². The minimum absolute atomic E-state index is 0.0334. The summed E-state index contributed by atoms with van der Waals surface area (Å²) in [4.78, 5) is 10.4. The van der Waals surface area contributed by atoms with Gasteiger partial charge in [0.2, 0.25) is 5.78 Å². The molecule has 0 aromatic heterocycles. The number of hydrogen-bond acceptors (Lipinski definition) is 1. The van der Waals surface area contributed by atoms with Crippen LogP contribution < -0.4 is 0 Å². The van der Waals surface area contributed by atoms with E-state index in [0.717, 1.165) is 0 Å². The quantitative estimate of drug-likeness (QED) is 0.508. The maximum absolute atomic E-state index is 12.2. The van der Waals surface area contributed by atoms with Crippen molar-refractivity contribution in [1.29, 1.82) is 0 Å². The van der Waals surface area contributed by atoms with Gasteiger partial charge in [0.15, 0.2) is 0 Å². The van der Waals surface area contributed by atoms with E-state index in [9.17, 15) is 26.7 Å². The third-order valence-electron chi connectivity index (χ3n) is 1.17. The molecule has 0 bridgehead atoms. The molecule has 0 heterocycles. The highest BCUT2D eigenvalue weighted by molar-refractivity contribution is 5.88. The van der Waals surface area contributed by atoms with E-state index in [-0.39, 0.29) is 5.57 Å². The van der Waals surface area contributed by atoms with Crippen LogP contribution in [0.3, 0.4) is 0 Å². The third-order valence-corrected chi connectivity index (χ3v) is 1.17. The number of carbonyl (C=O) groups excluding carboxylic acids is 1. The van der Waals surface area contributed by atoms with Gasteiger partial charge < -0.3 is 0 Å². The zero-order valence-corrected chi connectivity index (χ0v) is 6.71. The minimum Gasteiger partial charge on any atom is -0.292 e. The Hall–Kier alpha value is -0.940. The largest absolute Gasteiger partial charge is 0.461 e. The third kappa shape index (κ3) is 2.78. The second-order valence-electron chi connectivity index (χ2n) is 2.63. The second kappa shape index (κ2) is 3.43. The topological polar surface area (TPSA) is 17.1 Å². The Morgan fingerprint density at radius 3 is 1.85 bits per heavy atom. The van der Waals surface area contributed by atoms with Gasteiger partial charge in [-0.1, -0.05) is 12.2 Å². The first-order valence-corrected chi connectivity index (χ1v) is 3.21. The maximum Gasteiger partial charge on any atom is 0.461 e. The molecule has 0 atom stereocenters. The first kappa shape index (κ1) is 12.1. The van der Waals surface area contributed by atoms with Gasteiger partial charge in [0.25, 0.3) is 0 Å². The lowest BCUT2D eigenvalue weighted by atomic mass is 10.1. The SMILES string of the molecule is C=C(C)CC(=O)C(F)(F)C(F)(F)F. The summed E-state index contributed by atoms with van der Waals surface area (Å²) >= 11 is 0. The summed E-state index contributed by atoms with van der Waals surface area (Å²) < 4.78 is 58.9. The molecule has 0 saturated heterocycles. The van der Waals surface area contributed by atoms with Gasteiger partial charge in [-0.3, -0.25) is 4.79 Å². The normalized spacial score (nSPS) is 12.8. The van der Waals surface area contributed by atoms with E-state index in [4.69, 9.17) is 0 Å². The molecule has 0 aromatic carbocycles. The maximum atomic E-state index is 12.2. The first-order chi connectivity index (χ1) is 5.59. The number of ketones is 1. The van der Waals surface area contributed by atoms with Gasteiger partial charge in [-0.05, 0) is 6.92 Å². The van der Waals surface area contributed by atoms with Crippen molar-refractivity contribution in [2.45, 2.75) is 25.4 Å². The van der Waals surface area contributed by atoms with Crippen molar-refractivity contribution < 1.29 is 26.7 Å². The van der Waals surface area contributed by atoms with Crippen molar-refractivity contribution >= 4 is 5.78 Å². The van der Waals surface area contributed by atoms with Gasteiger partial charge in [0.05, 0.1) is 0 Å². The highest BCUT2D eigenvalue weighted by Gasteiger charge is 2.62. The van der Waals surface area contributed by atoms with Gasteiger partial charge in [-0.15, -0.1) is 0 Å². The van der Waals surface area contributed by atoms with Gasteiger partial charge in [-0.25, -0.2) is 0 Å². The molecule has 13 heavy (non-hydrogen) atoms. The van der Waals surface area contributed by atoms with Gasteiger partial charge in [0.1, 0.15) is 0 Å². The molecule has 0 amide bonds. The highest BCUT2D eigenvalue weighted by atomic mass is 19.4. The fraction of sp³-hybridized carbons (Fsp3) is 0.571. The van der Waals surface area contributed by atoms with Gasteiger partial charge in [0, 0.05) is 6.42 Å². The van der Waals surface area contributed by atoms with Crippen LogP contribution in [0.1, 0.15) is 13.3 Å². The van der Waals surface area contributed by atoms with E-state index in [1.54, 1.807) is 0 Å². The van der Waals surface area contributed by atoms with Crippen LogP contribution >= 0.6 is 0 Å². The minimum atomic E-state index is -5.82. The molecule has 0 spiro atoms. The average Bonchev–Trinajstić information content (AvgIpc) is 1.82. The number of rotatable bonds is 3. The van der Waals surface area contributed by atoms with Crippen LogP contribution in [0.25, 0.3) is 0 Å². The molecule has 0 aromatic rings. The molecule has 0 radical (unpaired) electrons. The smallest absolute Gasteiger partial charge is 0.292 e. The number of alkyl halides is 5. The van der Waals surface area contributed by atoms with E-state index in [2.05, 4.69) is 6.58 Å². The zero-order chi connectivity index (χ0) is 10.9. The summed E-state index contributed by atoms with van der Waals surface area (Å²) in [5, 5.41) is 0. The summed E-state index contributed by atoms with van der Waals surface area (Å²) in [6.45, 7) is 4.27.